The topological polar surface area (TPSA) is 42.4 Å². The Hall–Kier alpha value is -2.65. The molecule has 0 radical (unpaired) electrons. The molecule has 0 aliphatic heterocycles. The molecule has 0 aliphatic carbocycles. The van der Waals surface area contributed by atoms with E-state index in [9.17, 15) is 5.11 Å². The molecule has 22 heavy (non-hydrogen) atoms. The molecular weight excluding hydrogens is 274 g/mol. The Balaban J connectivity index is 1.92. The van der Waals surface area contributed by atoms with Gasteiger partial charge in [-0.05, 0) is 47.0 Å². The fraction of sp³-hybridized carbons (Fsp3) is 0.105. The highest BCUT2D eigenvalue weighted by molar-refractivity contribution is 5.65. The molecule has 1 atom stereocenters. The fourth-order valence-corrected chi connectivity index (χ4v) is 2.38. The van der Waals surface area contributed by atoms with Crippen LogP contribution in [0.3, 0.4) is 0 Å². The number of methoxy groups -OCH3 is 1. The van der Waals surface area contributed by atoms with Crippen molar-refractivity contribution < 1.29 is 9.84 Å². The summed E-state index contributed by atoms with van der Waals surface area (Å²) in [7, 11) is 1.65. The first-order valence-corrected chi connectivity index (χ1v) is 7.11. The molecule has 110 valence electrons. The molecule has 1 aromatic heterocycles. The lowest BCUT2D eigenvalue weighted by molar-refractivity contribution is 0.215. The van der Waals surface area contributed by atoms with Gasteiger partial charge in [-0.1, -0.05) is 36.4 Å². The summed E-state index contributed by atoms with van der Waals surface area (Å²) in [4.78, 5) is 4.21. The highest BCUT2D eigenvalue weighted by atomic mass is 16.5. The van der Waals surface area contributed by atoms with Gasteiger partial charge in [-0.15, -0.1) is 0 Å². The molecule has 3 rings (SSSR count). The second-order valence-corrected chi connectivity index (χ2v) is 5.01. The lowest BCUT2D eigenvalue weighted by Crippen LogP contribution is -2.01. The number of aromatic nitrogens is 1. The van der Waals surface area contributed by atoms with Crippen molar-refractivity contribution in [1.82, 2.24) is 4.98 Å². The normalized spacial score (nSPS) is 11.9. The molecule has 1 N–H and O–H groups in total. The number of ether oxygens (including phenoxy) is 1. The second kappa shape index (κ2) is 6.41. The van der Waals surface area contributed by atoms with Gasteiger partial charge in [-0.2, -0.15) is 0 Å². The molecule has 2 aromatic carbocycles. The van der Waals surface area contributed by atoms with Gasteiger partial charge in [0.05, 0.1) is 12.8 Å². The molecule has 0 fully saturated rings. The molecule has 0 spiro atoms. The molecule has 0 saturated heterocycles. The van der Waals surface area contributed by atoms with Crippen molar-refractivity contribution in [3.8, 4) is 16.9 Å². The van der Waals surface area contributed by atoms with E-state index in [0.717, 1.165) is 22.4 Å². The first-order valence-electron chi connectivity index (χ1n) is 7.11. The van der Waals surface area contributed by atoms with E-state index in [0.29, 0.717) is 5.69 Å². The zero-order valence-electron chi connectivity index (χ0n) is 12.3. The first kappa shape index (κ1) is 14.3. The van der Waals surface area contributed by atoms with Crippen molar-refractivity contribution in [1.29, 1.82) is 0 Å². The number of aliphatic hydroxyl groups excluding tert-OH is 1. The molecule has 0 aliphatic rings. The summed E-state index contributed by atoms with van der Waals surface area (Å²) >= 11 is 0. The quantitative estimate of drug-likeness (QED) is 0.794. The minimum atomic E-state index is -0.723. The molecule has 1 heterocycles. The smallest absolute Gasteiger partial charge is 0.121 e. The lowest BCUT2D eigenvalue weighted by atomic mass is 9.99. The van der Waals surface area contributed by atoms with Gasteiger partial charge >= 0.3 is 0 Å². The zero-order chi connectivity index (χ0) is 15.4. The number of hydrogen-bond donors (Lipinski definition) is 1. The Morgan fingerprint density at radius 3 is 2.41 bits per heavy atom. The SMILES string of the molecule is COc1ccc(-c2cccc(C(O)c3ccccn3)c2)cc1. The van der Waals surface area contributed by atoms with E-state index in [1.807, 2.05) is 66.7 Å². The lowest BCUT2D eigenvalue weighted by Gasteiger charge is -2.12. The Morgan fingerprint density at radius 1 is 0.909 bits per heavy atom. The molecule has 3 aromatic rings. The molecule has 0 saturated carbocycles. The Labute approximate surface area is 129 Å². The number of nitrogens with zero attached hydrogens (tertiary/aromatic N) is 1. The van der Waals surface area contributed by atoms with E-state index in [2.05, 4.69) is 4.98 Å². The maximum absolute atomic E-state index is 10.5. The Bertz CT molecular complexity index is 739. The van der Waals surface area contributed by atoms with E-state index in [4.69, 9.17) is 4.74 Å². The average Bonchev–Trinajstić information content (AvgIpc) is 2.62. The largest absolute Gasteiger partial charge is 0.497 e. The van der Waals surface area contributed by atoms with Crippen LogP contribution in [0, 0.1) is 0 Å². The molecule has 1 unspecified atom stereocenters. The second-order valence-electron chi connectivity index (χ2n) is 5.01. The Morgan fingerprint density at radius 2 is 1.73 bits per heavy atom. The van der Waals surface area contributed by atoms with E-state index >= 15 is 0 Å². The van der Waals surface area contributed by atoms with E-state index in [1.165, 1.54) is 0 Å². The highest BCUT2D eigenvalue weighted by Crippen LogP contribution is 2.27. The van der Waals surface area contributed by atoms with Crippen LogP contribution in [0.15, 0.2) is 72.9 Å². The highest BCUT2D eigenvalue weighted by Gasteiger charge is 2.12. The summed E-state index contributed by atoms with van der Waals surface area (Å²) in [5.41, 5.74) is 3.60. The van der Waals surface area contributed by atoms with E-state index in [1.54, 1.807) is 13.3 Å². The van der Waals surface area contributed by atoms with Crippen molar-refractivity contribution in [2.75, 3.05) is 7.11 Å². The molecule has 0 amide bonds. The summed E-state index contributed by atoms with van der Waals surface area (Å²) in [6.07, 6.45) is 0.964. The van der Waals surface area contributed by atoms with E-state index < -0.39 is 6.10 Å². The van der Waals surface area contributed by atoms with Gasteiger partial charge < -0.3 is 9.84 Å². The van der Waals surface area contributed by atoms with Gasteiger partial charge in [0.15, 0.2) is 0 Å². The van der Waals surface area contributed by atoms with Crippen molar-refractivity contribution in [3.63, 3.8) is 0 Å². The van der Waals surface area contributed by atoms with Gasteiger partial charge in [-0.25, -0.2) is 0 Å². The minimum Gasteiger partial charge on any atom is -0.497 e. The monoisotopic (exact) mass is 291 g/mol. The molecule has 0 bridgehead atoms. The van der Waals surface area contributed by atoms with Crippen LogP contribution < -0.4 is 4.74 Å². The third kappa shape index (κ3) is 3.00. The number of hydrogen-bond acceptors (Lipinski definition) is 3. The summed E-state index contributed by atoms with van der Waals surface area (Å²) < 4.78 is 5.18. The minimum absolute atomic E-state index is 0.648. The fourth-order valence-electron chi connectivity index (χ4n) is 2.38. The van der Waals surface area contributed by atoms with Crippen molar-refractivity contribution in [2.45, 2.75) is 6.10 Å². The van der Waals surface area contributed by atoms with Crippen LogP contribution in [-0.2, 0) is 0 Å². The molecule has 3 heteroatoms. The van der Waals surface area contributed by atoms with Crippen LogP contribution in [0.1, 0.15) is 17.4 Å². The first-order chi connectivity index (χ1) is 10.8. The number of aliphatic hydroxyl groups is 1. The Kier molecular flexibility index (Phi) is 4.17. The summed E-state index contributed by atoms with van der Waals surface area (Å²) in [6.45, 7) is 0. The number of pyridine rings is 1. The third-order valence-electron chi connectivity index (χ3n) is 3.59. The van der Waals surface area contributed by atoms with Crippen LogP contribution >= 0.6 is 0 Å². The molecular formula is C19H17NO2. The average molecular weight is 291 g/mol. The summed E-state index contributed by atoms with van der Waals surface area (Å²) in [5.74, 6) is 0.827. The van der Waals surface area contributed by atoms with Gasteiger partial charge in [0, 0.05) is 6.20 Å². The summed E-state index contributed by atoms with van der Waals surface area (Å²) in [6, 6.07) is 21.3. The van der Waals surface area contributed by atoms with Gasteiger partial charge in [0.25, 0.3) is 0 Å². The van der Waals surface area contributed by atoms with Gasteiger partial charge in [0.1, 0.15) is 11.9 Å². The standard InChI is InChI=1S/C19H17NO2/c1-22-17-10-8-14(9-11-17)15-5-4-6-16(13-15)19(21)18-7-2-3-12-20-18/h2-13,19,21H,1H3. The van der Waals surface area contributed by atoms with Crippen molar-refractivity contribution in [2.24, 2.45) is 0 Å². The van der Waals surface area contributed by atoms with Crippen LogP contribution in [0.4, 0.5) is 0 Å². The number of benzene rings is 2. The molecule has 3 nitrogen and oxygen atoms in total. The predicted octanol–water partition coefficient (Wildman–Crippen LogP) is 3.84. The van der Waals surface area contributed by atoms with Crippen LogP contribution in [0.25, 0.3) is 11.1 Å². The summed E-state index contributed by atoms with van der Waals surface area (Å²) in [5, 5.41) is 10.5. The van der Waals surface area contributed by atoms with E-state index in [-0.39, 0.29) is 0 Å². The van der Waals surface area contributed by atoms with Gasteiger partial charge in [0.2, 0.25) is 0 Å². The van der Waals surface area contributed by atoms with Crippen LogP contribution in [-0.4, -0.2) is 17.2 Å². The van der Waals surface area contributed by atoms with Gasteiger partial charge in [-0.3, -0.25) is 4.98 Å². The number of rotatable bonds is 4. The van der Waals surface area contributed by atoms with Crippen molar-refractivity contribution >= 4 is 0 Å². The third-order valence-corrected chi connectivity index (χ3v) is 3.59. The zero-order valence-corrected chi connectivity index (χ0v) is 12.3. The van der Waals surface area contributed by atoms with Crippen LogP contribution in [0.2, 0.25) is 0 Å². The van der Waals surface area contributed by atoms with Crippen LogP contribution in [0.5, 0.6) is 5.75 Å². The maximum Gasteiger partial charge on any atom is 0.121 e. The predicted molar refractivity (Wildman–Crippen MR) is 86.7 cm³/mol. The van der Waals surface area contributed by atoms with Crippen molar-refractivity contribution in [3.05, 3.63) is 84.2 Å². The maximum atomic E-state index is 10.5.